The summed E-state index contributed by atoms with van der Waals surface area (Å²) in [5, 5.41) is 3.18. The Morgan fingerprint density at radius 2 is 1.77 bits per heavy atom. The Bertz CT molecular complexity index is 653. The van der Waals surface area contributed by atoms with Crippen LogP contribution in [0.1, 0.15) is 29.7 Å². The van der Waals surface area contributed by atoms with Crippen LogP contribution in [0.15, 0.2) is 54.6 Å². The van der Waals surface area contributed by atoms with E-state index in [1.54, 1.807) is 0 Å². The van der Waals surface area contributed by atoms with Gasteiger partial charge < -0.3 is 10.2 Å². The Labute approximate surface area is 132 Å². The predicted octanol–water partition coefficient (Wildman–Crippen LogP) is 2.92. The highest BCUT2D eigenvalue weighted by molar-refractivity contribution is 5.83. The van der Waals surface area contributed by atoms with Crippen LogP contribution < -0.4 is 5.32 Å². The lowest BCUT2D eigenvalue weighted by molar-refractivity contribution is -0.135. The number of carbonyl (C=O) groups excluding carboxylic acids is 1. The van der Waals surface area contributed by atoms with E-state index in [1.165, 1.54) is 11.1 Å². The van der Waals surface area contributed by atoms with Gasteiger partial charge in [-0.2, -0.15) is 0 Å². The lowest BCUT2D eigenvalue weighted by atomic mass is 9.98. The molecular weight excluding hydrogens is 272 g/mol. The predicted molar refractivity (Wildman–Crippen MR) is 88.4 cm³/mol. The van der Waals surface area contributed by atoms with Crippen LogP contribution in [-0.4, -0.2) is 23.9 Å². The van der Waals surface area contributed by atoms with Gasteiger partial charge in [-0.1, -0.05) is 54.6 Å². The van der Waals surface area contributed by atoms with Gasteiger partial charge >= 0.3 is 0 Å². The molecule has 0 aromatic heterocycles. The summed E-state index contributed by atoms with van der Waals surface area (Å²) in [5.41, 5.74) is 3.68. The van der Waals surface area contributed by atoms with Gasteiger partial charge in [-0.15, -0.1) is 0 Å². The zero-order chi connectivity index (χ0) is 15.5. The molecule has 1 heterocycles. The summed E-state index contributed by atoms with van der Waals surface area (Å²) in [7, 11) is 1.86. The van der Waals surface area contributed by atoms with Crippen molar-refractivity contribution in [1.29, 1.82) is 0 Å². The van der Waals surface area contributed by atoms with Gasteiger partial charge in [0.2, 0.25) is 5.91 Å². The second-order valence-electron chi connectivity index (χ2n) is 5.87. The van der Waals surface area contributed by atoms with Crippen molar-refractivity contribution in [3.8, 4) is 0 Å². The molecule has 0 saturated heterocycles. The van der Waals surface area contributed by atoms with E-state index < -0.39 is 0 Å². The molecule has 0 fully saturated rings. The van der Waals surface area contributed by atoms with E-state index in [1.807, 2.05) is 30.1 Å². The lowest BCUT2D eigenvalue weighted by Gasteiger charge is -2.30. The Balaban J connectivity index is 1.98. The summed E-state index contributed by atoms with van der Waals surface area (Å²) in [5.74, 6) is 0.176. The number of amides is 1. The minimum Gasteiger partial charge on any atom is -0.330 e. The standard InChI is InChI=1S/C19H22N2O/c1-14-17-11-7-6-10-16(17)12-18(20-2)19(22)21(14)13-15-8-4-3-5-9-15/h3-11,14,18,20H,12-13H2,1-2H3. The van der Waals surface area contributed by atoms with E-state index >= 15 is 0 Å². The lowest BCUT2D eigenvalue weighted by Crippen LogP contribution is -2.45. The second kappa shape index (κ2) is 6.32. The number of nitrogens with zero attached hydrogens (tertiary/aromatic N) is 1. The first kappa shape index (κ1) is 14.8. The summed E-state index contributed by atoms with van der Waals surface area (Å²) in [6, 6.07) is 18.5. The van der Waals surface area contributed by atoms with Crippen molar-refractivity contribution in [3.05, 3.63) is 71.3 Å². The Morgan fingerprint density at radius 1 is 1.09 bits per heavy atom. The first-order valence-corrected chi connectivity index (χ1v) is 7.80. The van der Waals surface area contributed by atoms with E-state index in [-0.39, 0.29) is 18.0 Å². The highest BCUT2D eigenvalue weighted by Gasteiger charge is 2.32. The third-order valence-electron chi connectivity index (χ3n) is 4.52. The molecule has 1 aliphatic heterocycles. The molecule has 22 heavy (non-hydrogen) atoms. The zero-order valence-corrected chi connectivity index (χ0v) is 13.1. The topological polar surface area (TPSA) is 32.3 Å². The van der Waals surface area contributed by atoms with Crippen LogP contribution >= 0.6 is 0 Å². The first-order chi connectivity index (χ1) is 10.7. The van der Waals surface area contributed by atoms with Crippen molar-refractivity contribution in [3.63, 3.8) is 0 Å². The third kappa shape index (κ3) is 2.77. The molecule has 2 aromatic carbocycles. The summed E-state index contributed by atoms with van der Waals surface area (Å²) in [6.07, 6.45) is 0.751. The van der Waals surface area contributed by atoms with Crippen molar-refractivity contribution in [1.82, 2.24) is 10.2 Å². The molecule has 0 spiro atoms. The van der Waals surface area contributed by atoms with Gasteiger partial charge in [0.05, 0.1) is 12.1 Å². The van der Waals surface area contributed by atoms with Crippen molar-refractivity contribution in [2.45, 2.75) is 32.0 Å². The van der Waals surface area contributed by atoms with Crippen molar-refractivity contribution >= 4 is 5.91 Å². The number of rotatable bonds is 3. The maximum Gasteiger partial charge on any atom is 0.240 e. The largest absolute Gasteiger partial charge is 0.330 e. The van der Waals surface area contributed by atoms with Gasteiger partial charge in [-0.3, -0.25) is 4.79 Å². The molecule has 3 heteroatoms. The number of hydrogen-bond donors (Lipinski definition) is 1. The van der Waals surface area contributed by atoms with Crippen LogP contribution in [0, 0.1) is 0 Å². The fourth-order valence-electron chi connectivity index (χ4n) is 3.21. The highest BCUT2D eigenvalue weighted by Crippen LogP contribution is 2.30. The van der Waals surface area contributed by atoms with Crippen LogP contribution in [-0.2, 0) is 17.8 Å². The second-order valence-corrected chi connectivity index (χ2v) is 5.87. The van der Waals surface area contributed by atoms with E-state index in [2.05, 4.69) is 48.6 Å². The highest BCUT2D eigenvalue weighted by atomic mass is 16.2. The van der Waals surface area contributed by atoms with Gasteiger partial charge in [-0.05, 0) is 37.1 Å². The minimum atomic E-state index is -0.158. The van der Waals surface area contributed by atoms with Gasteiger partial charge in [-0.25, -0.2) is 0 Å². The molecule has 0 aliphatic carbocycles. The van der Waals surface area contributed by atoms with E-state index in [0.29, 0.717) is 6.54 Å². The summed E-state index contributed by atoms with van der Waals surface area (Å²) in [6.45, 7) is 2.77. The molecule has 3 nitrogen and oxygen atoms in total. The quantitative estimate of drug-likeness (QED) is 0.944. The summed E-state index contributed by atoms with van der Waals surface area (Å²) >= 11 is 0. The molecule has 1 amide bonds. The van der Waals surface area contributed by atoms with Crippen molar-refractivity contribution in [2.75, 3.05) is 7.05 Å². The maximum atomic E-state index is 12.9. The number of carbonyl (C=O) groups is 1. The number of hydrogen-bond acceptors (Lipinski definition) is 2. The number of fused-ring (bicyclic) bond motifs is 1. The molecule has 0 bridgehead atoms. The Kier molecular flexibility index (Phi) is 4.25. The van der Waals surface area contributed by atoms with E-state index in [0.717, 1.165) is 12.0 Å². The van der Waals surface area contributed by atoms with Gasteiger partial charge in [0.1, 0.15) is 0 Å². The van der Waals surface area contributed by atoms with Crippen molar-refractivity contribution in [2.24, 2.45) is 0 Å². The monoisotopic (exact) mass is 294 g/mol. The van der Waals surface area contributed by atoms with Crippen LogP contribution in [0.4, 0.5) is 0 Å². The summed E-state index contributed by atoms with van der Waals surface area (Å²) < 4.78 is 0. The normalized spacial score (nSPS) is 21.4. The average molecular weight is 294 g/mol. The van der Waals surface area contributed by atoms with Gasteiger partial charge in [0.25, 0.3) is 0 Å². The maximum absolute atomic E-state index is 12.9. The average Bonchev–Trinajstić information content (AvgIpc) is 2.66. The van der Waals surface area contributed by atoms with Gasteiger partial charge in [0, 0.05) is 6.54 Å². The Hall–Kier alpha value is -2.13. The fourth-order valence-corrected chi connectivity index (χ4v) is 3.21. The van der Waals surface area contributed by atoms with Crippen LogP contribution in [0.25, 0.3) is 0 Å². The zero-order valence-electron chi connectivity index (χ0n) is 13.1. The molecule has 0 saturated carbocycles. The SMILES string of the molecule is CNC1Cc2ccccc2C(C)N(Cc2ccccc2)C1=O. The van der Waals surface area contributed by atoms with E-state index in [9.17, 15) is 4.79 Å². The molecule has 2 aromatic rings. The smallest absolute Gasteiger partial charge is 0.240 e. The molecular formula is C19H22N2O. The minimum absolute atomic E-state index is 0.0854. The third-order valence-corrected chi connectivity index (χ3v) is 4.52. The van der Waals surface area contributed by atoms with Crippen LogP contribution in [0.2, 0.25) is 0 Å². The molecule has 1 N–H and O–H groups in total. The fraction of sp³-hybridized carbons (Fsp3) is 0.316. The molecule has 2 unspecified atom stereocenters. The molecule has 0 radical (unpaired) electrons. The first-order valence-electron chi connectivity index (χ1n) is 7.80. The number of likely N-dealkylation sites (N-methyl/N-ethyl adjacent to an activating group) is 1. The summed E-state index contributed by atoms with van der Waals surface area (Å²) in [4.78, 5) is 14.9. The van der Waals surface area contributed by atoms with Crippen LogP contribution in [0.5, 0.6) is 0 Å². The Morgan fingerprint density at radius 3 is 2.50 bits per heavy atom. The molecule has 2 atom stereocenters. The molecule has 3 rings (SSSR count). The molecule has 114 valence electrons. The number of benzene rings is 2. The number of nitrogens with one attached hydrogen (secondary N) is 1. The van der Waals surface area contributed by atoms with E-state index in [4.69, 9.17) is 0 Å². The molecule has 1 aliphatic rings. The van der Waals surface area contributed by atoms with Crippen molar-refractivity contribution < 1.29 is 4.79 Å². The van der Waals surface area contributed by atoms with Gasteiger partial charge in [0.15, 0.2) is 0 Å². The van der Waals surface area contributed by atoms with Crippen LogP contribution in [0.3, 0.4) is 0 Å².